The molecule has 4 heteroatoms. The fourth-order valence-electron chi connectivity index (χ4n) is 1.06. The predicted molar refractivity (Wildman–Crippen MR) is 70.9 cm³/mol. The van der Waals surface area contributed by atoms with Gasteiger partial charge in [-0.2, -0.15) is 10.2 Å². The smallest absolute Gasteiger partial charge is 0.00666 e. The van der Waals surface area contributed by atoms with Crippen molar-refractivity contribution in [2.45, 2.75) is 6.92 Å². The van der Waals surface area contributed by atoms with Crippen molar-refractivity contribution in [3.05, 3.63) is 0 Å². The lowest BCUT2D eigenvalue weighted by Gasteiger charge is -2.54. The summed E-state index contributed by atoms with van der Waals surface area (Å²) in [4.78, 5) is 0. The van der Waals surface area contributed by atoms with Crippen molar-refractivity contribution in [3.63, 3.8) is 0 Å². The third-order valence-corrected chi connectivity index (χ3v) is 9.63. The molecule has 0 bridgehead atoms. The Morgan fingerprint density at radius 3 is 1.54 bits per heavy atom. The van der Waals surface area contributed by atoms with Crippen molar-refractivity contribution in [1.82, 2.24) is 8.02 Å². The number of hydrogen-bond acceptors (Lipinski definition) is 2. The van der Waals surface area contributed by atoms with Crippen LogP contribution in [0, 0.1) is 0 Å². The van der Waals surface area contributed by atoms with Gasteiger partial charge in [-0.05, 0) is 38.3 Å². The van der Waals surface area contributed by atoms with Crippen LogP contribution in [-0.2, 0) is 0 Å². The molecule has 84 valence electrons. The van der Waals surface area contributed by atoms with E-state index in [0.29, 0.717) is 0 Å². The molecule has 0 rings (SSSR count). The van der Waals surface area contributed by atoms with Gasteiger partial charge in [0.15, 0.2) is 0 Å². The minimum absolute atomic E-state index is 0.587. The Bertz CT molecular complexity index is 163. The average molecular weight is 226 g/mol. The predicted octanol–water partition coefficient (Wildman–Crippen LogP) is 2.37. The molecular weight excluding hydrogens is 200 g/mol. The molecule has 0 amide bonds. The third kappa shape index (κ3) is 3.35. The highest BCUT2D eigenvalue weighted by atomic mass is 32.3. The second-order valence-electron chi connectivity index (χ2n) is 4.38. The molecule has 0 aliphatic carbocycles. The summed E-state index contributed by atoms with van der Waals surface area (Å²) < 4.78 is 5.04. The Balaban J connectivity index is 4.63. The number of hydrogen-bond donors (Lipinski definition) is 0. The number of rotatable bonds is 4. The van der Waals surface area contributed by atoms with E-state index in [1.165, 1.54) is 0 Å². The van der Waals surface area contributed by atoms with E-state index in [4.69, 9.17) is 0 Å². The first-order valence-electron chi connectivity index (χ1n) is 4.51. The molecule has 0 spiro atoms. The largest absolute Gasteiger partial charge is 0.259 e. The highest BCUT2D eigenvalue weighted by Crippen LogP contribution is 2.58. The van der Waals surface area contributed by atoms with E-state index in [-0.39, 0.29) is 0 Å². The van der Waals surface area contributed by atoms with Gasteiger partial charge in [-0.3, -0.25) is 4.31 Å². The molecule has 0 atom stereocenters. The van der Waals surface area contributed by atoms with Crippen molar-refractivity contribution in [2.24, 2.45) is 0 Å². The lowest BCUT2D eigenvalue weighted by atomic mass is 10.8. The molecule has 0 aliphatic rings. The van der Waals surface area contributed by atoms with E-state index in [1.807, 2.05) is 0 Å². The standard InChI is InChI=1S/C9H26N2S2/c1-9-10(2)13(7,8)11(3)12(4,5)6/h9H2,1-8H3. The van der Waals surface area contributed by atoms with Gasteiger partial charge in [-0.1, -0.05) is 6.92 Å². The van der Waals surface area contributed by atoms with Gasteiger partial charge < -0.3 is 0 Å². The molecule has 0 aromatic rings. The summed E-state index contributed by atoms with van der Waals surface area (Å²) in [7, 11) is 3.15. The fourth-order valence-corrected chi connectivity index (χ4v) is 6.80. The molecule has 0 saturated carbocycles. The summed E-state index contributed by atoms with van der Waals surface area (Å²) in [5.41, 5.74) is 0. The second kappa shape index (κ2) is 4.43. The minimum atomic E-state index is -0.743. The molecule has 0 saturated heterocycles. The first kappa shape index (κ1) is 13.6. The Labute approximate surface area is 87.7 Å². The van der Waals surface area contributed by atoms with Gasteiger partial charge in [-0.25, -0.2) is 3.71 Å². The second-order valence-corrected chi connectivity index (χ2v) is 12.3. The summed E-state index contributed by atoms with van der Waals surface area (Å²) in [6.07, 6.45) is 11.8. The maximum atomic E-state index is 2.57. The van der Waals surface area contributed by atoms with E-state index in [9.17, 15) is 0 Å². The topological polar surface area (TPSA) is 6.48 Å². The Morgan fingerprint density at radius 2 is 1.31 bits per heavy atom. The molecule has 0 N–H and O–H groups in total. The van der Waals surface area contributed by atoms with Crippen LogP contribution in [0.1, 0.15) is 6.92 Å². The highest BCUT2D eigenvalue weighted by Gasteiger charge is 2.27. The van der Waals surface area contributed by atoms with Crippen LogP contribution in [0.3, 0.4) is 0 Å². The first-order chi connectivity index (χ1) is 5.64. The van der Waals surface area contributed by atoms with Gasteiger partial charge in [0.2, 0.25) is 0 Å². The lowest BCUT2D eigenvalue weighted by Crippen LogP contribution is -2.35. The van der Waals surface area contributed by atoms with Crippen LogP contribution >= 0.6 is 20.6 Å². The van der Waals surface area contributed by atoms with Crippen LogP contribution in [0.15, 0.2) is 0 Å². The maximum Gasteiger partial charge on any atom is 0.00666 e. The van der Waals surface area contributed by atoms with Gasteiger partial charge in [0.1, 0.15) is 0 Å². The van der Waals surface area contributed by atoms with Crippen LogP contribution in [0.4, 0.5) is 0 Å². The van der Waals surface area contributed by atoms with Gasteiger partial charge in [-0.15, -0.1) is 10.4 Å². The van der Waals surface area contributed by atoms with Crippen LogP contribution < -0.4 is 0 Å². The Hall–Kier alpha value is 0.620. The zero-order valence-electron chi connectivity index (χ0n) is 10.4. The van der Waals surface area contributed by atoms with E-state index in [1.54, 1.807) is 0 Å². The zero-order valence-corrected chi connectivity index (χ0v) is 12.1. The summed E-state index contributed by atoms with van der Waals surface area (Å²) in [6, 6.07) is 0. The van der Waals surface area contributed by atoms with E-state index in [0.717, 1.165) is 6.54 Å². The molecule has 0 aromatic carbocycles. The van der Waals surface area contributed by atoms with Gasteiger partial charge in [0.05, 0.1) is 0 Å². The van der Waals surface area contributed by atoms with Crippen LogP contribution in [0.2, 0.25) is 0 Å². The molecule has 2 nitrogen and oxygen atoms in total. The van der Waals surface area contributed by atoms with Crippen molar-refractivity contribution in [1.29, 1.82) is 0 Å². The fraction of sp³-hybridized carbons (Fsp3) is 1.00. The monoisotopic (exact) mass is 226 g/mol. The molecule has 0 aliphatic heterocycles. The van der Waals surface area contributed by atoms with Gasteiger partial charge in [0, 0.05) is 13.6 Å². The van der Waals surface area contributed by atoms with E-state index in [2.05, 4.69) is 60.3 Å². The normalized spacial score (nSPS) is 16.8. The van der Waals surface area contributed by atoms with Gasteiger partial charge in [0.25, 0.3) is 0 Å². The van der Waals surface area contributed by atoms with Crippen LogP contribution in [0.25, 0.3) is 0 Å². The van der Waals surface area contributed by atoms with Crippen molar-refractivity contribution in [3.8, 4) is 0 Å². The Morgan fingerprint density at radius 1 is 0.923 bits per heavy atom. The van der Waals surface area contributed by atoms with E-state index >= 15 is 0 Å². The maximum absolute atomic E-state index is 2.57. The third-order valence-electron chi connectivity index (χ3n) is 2.61. The average Bonchev–Trinajstić information content (AvgIpc) is 1.99. The highest BCUT2D eigenvalue weighted by molar-refractivity contribution is 8.43. The summed E-state index contributed by atoms with van der Waals surface area (Å²) in [6.45, 7) is 3.35. The molecule has 0 unspecified atom stereocenters. The van der Waals surface area contributed by atoms with Crippen molar-refractivity contribution in [2.75, 3.05) is 51.9 Å². The molecule has 0 radical (unpaired) electrons. The molecule has 13 heavy (non-hydrogen) atoms. The zero-order chi connectivity index (χ0) is 10.9. The molecular formula is C9H26N2S2. The summed E-state index contributed by atoms with van der Waals surface area (Å²) in [5.74, 6) is 0. The quantitative estimate of drug-likeness (QED) is 0.726. The molecule has 0 aromatic heterocycles. The van der Waals surface area contributed by atoms with Gasteiger partial charge >= 0.3 is 0 Å². The summed E-state index contributed by atoms with van der Waals surface area (Å²) in [5, 5.41) is 0. The van der Waals surface area contributed by atoms with Crippen LogP contribution in [-0.4, -0.2) is 59.9 Å². The molecule has 0 fully saturated rings. The Kier molecular flexibility index (Phi) is 4.64. The lowest BCUT2D eigenvalue weighted by molar-refractivity contribution is 0.565. The summed E-state index contributed by atoms with van der Waals surface area (Å²) >= 11 is 0. The number of nitrogens with zero attached hydrogens (tertiary/aromatic N) is 2. The first-order valence-corrected chi connectivity index (χ1v) is 9.68. The van der Waals surface area contributed by atoms with Crippen molar-refractivity contribution < 1.29 is 0 Å². The minimum Gasteiger partial charge on any atom is -0.259 e. The van der Waals surface area contributed by atoms with E-state index < -0.39 is 20.6 Å². The van der Waals surface area contributed by atoms with Crippen molar-refractivity contribution >= 4 is 20.6 Å². The van der Waals surface area contributed by atoms with Crippen LogP contribution in [0.5, 0.6) is 0 Å². The SMILES string of the molecule is CCN(C)S(C)(C)N(C)S(C)(C)C. The molecule has 0 heterocycles.